The van der Waals surface area contributed by atoms with Crippen LogP contribution in [0, 0.1) is 0 Å². The van der Waals surface area contributed by atoms with Crippen molar-refractivity contribution in [2.45, 2.75) is 32.6 Å². The average Bonchev–Trinajstić information content (AvgIpc) is 2.90. The third kappa shape index (κ3) is 3.44. The first kappa shape index (κ1) is 13.3. The number of aryl methyl sites for hydroxylation is 1. The Labute approximate surface area is 112 Å². The van der Waals surface area contributed by atoms with Gasteiger partial charge in [0, 0.05) is 11.6 Å². The lowest BCUT2D eigenvalue weighted by Gasteiger charge is -2.01. The predicted octanol–water partition coefficient (Wildman–Crippen LogP) is 3.77. The second-order valence-corrected chi connectivity index (χ2v) is 4.54. The molecule has 0 saturated heterocycles. The van der Waals surface area contributed by atoms with E-state index in [1.54, 1.807) is 0 Å². The maximum absolute atomic E-state index is 10.7. The van der Waals surface area contributed by atoms with Gasteiger partial charge in [-0.15, -0.1) is 0 Å². The number of hydrogen-bond acceptors (Lipinski definition) is 3. The van der Waals surface area contributed by atoms with Crippen molar-refractivity contribution in [1.82, 2.24) is 5.16 Å². The fourth-order valence-electron chi connectivity index (χ4n) is 1.93. The zero-order valence-electron chi connectivity index (χ0n) is 10.9. The largest absolute Gasteiger partial charge is 0.476 e. The van der Waals surface area contributed by atoms with Gasteiger partial charge in [-0.1, -0.05) is 49.2 Å². The first-order valence-corrected chi connectivity index (χ1v) is 6.50. The maximum Gasteiger partial charge on any atom is 0.358 e. The van der Waals surface area contributed by atoms with Gasteiger partial charge in [0.05, 0.1) is 0 Å². The summed E-state index contributed by atoms with van der Waals surface area (Å²) in [6, 6.07) is 9.41. The van der Waals surface area contributed by atoms with E-state index in [9.17, 15) is 4.79 Å². The first-order valence-electron chi connectivity index (χ1n) is 6.50. The molecule has 0 aliphatic rings. The number of benzene rings is 1. The molecule has 0 bridgehead atoms. The van der Waals surface area contributed by atoms with Crippen LogP contribution in [0.25, 0.3) is 11.3 Å². The molecule has 4 heteroatoms. The summed E-state index contributed by atoms with van der Waals surface area (Å²) in [4.78, 5) is 10.7. The molecule has 0 saturated carbocycles. The van der Waals surface area contributed by atoms with Gasteiger partial charge >= 0.3 is 5.97 Å². The fourth-order valence-corrected chi connectivity index (χ4v) is 1.93. The minimum Gasteiger partial charge on any atom is -0.476 e. The van der Waals surface area contributed by atoms with Crippen LogP contribution in [0.15, 0.2) is 34.9 Å². The number of aromatic nitrogens is 1. The van der Waals surface area contributed by atoms with Crippen molar-refractivity contribution >= 4 is 5.97 Å². The predicted molar refractivity (Wildman–Crippen MR) is 72.1 cm³/mol. The van der Waals surface area contributed by atoms with Crippen LogP contribution in [0.4, 0.5) is 0 Å². The molecule has 2 aromatic rings. The summed E-state index contributed by atoms with van der Waals surface area (Å²) in [5.74, 6) is -0.594. The molecule has 0 aliphatic carbocycles. The number of carboxylic acids is 1. The van der Waals surface area contributed by atoms with Crippen molar-refractivity contribution in [3.05, 3.63) is 41.6 Å². The van der Waals surface area contributed by atoms with Gasteiger partial charge in [-0.25, -0.2) is 4.79 Å². The summed E-state index contributed by atoms with van der Waals surface area (Å²) < 4.78 is 5.02. The lowest BCUT2D eigenvalue weighted by molar-refractivity contribution is 0.0686. The topological polar surface area (TPSA) is 63.3 Å². The molecule has 0 aliphatic heterocycles. The zero-order valence-corrected chi connectivity index (χ0v) is 10.9. The van der Waals surface area contributed by atoms with E-state index >= 15 is 0 Å². The molecule has 0 unspecified atom stereocenters. The molecule has 0 atom stereocenters. The second-order valence-electron chi connectivity index (χ2n) is 4.54. The highest BCUT2D eigenvalue weighted by Gasteiger charge is 2.11. The molecule has 0 amide bonds. The summed E-state index contributed by atoms with van der Waals surface area (Å²) in [5, 5.41) is 12.3. The molecule has 1 N–H and O–H groups in total. The lowest BCUT2D eigenvalue weighted by atomic mass is 10.0. The van der Waals surface area contributed by atoms with E-state index in [1.165, 1.54) is 30.9 Å². The van der Waals surface area contributed by atoms with Gasteiger partial charge in [-0.2, -0.15) is 0 Å². The van der Waals surface area contributed by atoms with E-state index in [4.69, 9.17) is 9.63 Å². The molecule has 0 fully saturated rings. The smallest absolute Gasteiger partial charge is 0.358 e. The molecule has 0 spiro atoms. The number of hydrogen-bond donors (Lipinski definition) is 1. The Morgan fingerprint density at radius 3 is 2.58 bits per heavy atom. The SMILES string of the molecule is CCCCCc1ccc(-c2cc(C(=O)O)no2)cc1. The highest BCUT2D eigenvalue weighted by molar-refractivity contribution is 5.86. The van der Waals surface area contributed by atoms with E-state index < -0.39 is 5.97 Å². The Bertz CT molecular complexity index is 543. The summed E-state index contributed by atoms with van der Waals surface area (Å²) in [7, 11) is 0. The summed E-state index contributed by atoms with van der Waals surface area (Å²) in [6.45, 7) is 2.19. The lowest BCUT2D eigenvalue weighted by Crippen LogP contribution is -1.94. The normalized spacial score (nSPS) is 10.6. The first-order chi connectivity index (χ1) is 9.20. The van der Waals surface area contributed by atoms with Gasteiger partial charge in [0.25, 0.3) is 0 Å². The standard InChI is InChI=1S/C15H17NO3/c1-2-3-4-5-11-6-8-12(9-7-11)14-10-13(15(17)18)16-19-14/h6-10H,2-5H2,1H3,(H,17,18). The molecular weight excluding hydrogens is 242 g/mol. The van der Waals surface area contributed by atoms with Crippen LogP contribution in [-0.2, 0) is 6.42 Å². The average molecular weight is 259 g/mol. The van der Waals surface area contributed by atoms with Gasteiger partial charge in [0.2, 0.25) is 0 Å². The number of carbonyl (C=O) groups is 1. The van der Waals surface area contributed by atoms with Crippen LogP contribution in [0.2, 0.25) is 0 Å². The minimum absolute atomic E-state index is 0.0676. The monoisotopic (exact) mass is 259 g/mol. The van der Waals surface area contributed by atoms with Gasteiger partial charge in [0.15, 0.2) is 11.5 Å². The molecule has 1 aromatic carbocycles. The highest BCUT2D eigenvalue weighted by atomic mass is 16.5. The zero-order chi connectivity index (χ0) is 13.7. The van der Waals surface area contributed by atoms with Crippen molar-refractivity contribution in [3.63, 3.8) is 0 Å². The van der Waals surface area contributed by atoms with Crippen molar-refractivity contribution in [2.24, 2.45) is 0 Å². The minimum atomic E-state index is -1.08. The number of nitrogens with zero attached hydrogens (tertiary/aromatic N) is 1. The van der Waals surface area contributed by atoms with Crippen molar-refractivity contribution in [2.75, 3.05) is 0 Å². The van der Waals surface area contributed by atoms with E-state index in [0.717, 1.165) is 12.0 Å². The van der Waals surface area contributed by atoms with E-state index in [0.29, 0.717) is 5.76 Å². The Kier molecular flexibility index (Phi) is 4.34. The molecule has 100 valence electrons. The van der Waals surface area contributed by atoms with Crippen molar-refractivity contribution < 1.29 is 14.4 Å². The quantitative estimate of drug-likeness (QED) is 0.802. The van der Waals surface area contributed by atoms with Gasteiger partial charge in [-0.3, -0.25) is 0 Å². The van der Waals surface area contributed by atoms with E-state index in [2.05, 4.69) is 12.1 Å². The van der Waals surface area contributed by atoms with Gasteiger partial charge in [-0.05, 0) is 18.4 Å². The molecule has 2 rings (SSSR count). The van der Waals surface area contributed by atoms with Crippen molar-refractivity contribution in [3.8, 4) is 11.3 Å². The highest BCUT2D eigenvalue weighted by Crippen LogP contribution is 2.21. The Hall–Kier alpha value is -2.10. The van der Waals surface area contributed by atoms with Crippen LogP contribution in [0.3, 0.4) is 0 Å². The van der Waals surface area contributed by atoms with Crippen LogP contribution < -0.4 is 0 Å². The third-order valence-corrected chi connectivity index (χ3v) is 3.04. The van der Waals surface area contributed by atoms with Crippen LogP contribution >= 0.6 is 0 Å². The van der Waals surface area contributed by atoms with Gasteiger partial charge < -0.3 is 9.63 Å². The third-order valence-electron chi connectivity index (χ3n) is 3.04. The number of aromatic carboxylic acids is 1. The molecule has 0 radical (unpaired) electrons. The molecular formula is C15H17NO3. The Morgan fingerprint density at radius 2 is 2.00 bits per heavy atom. The van der Waals surface area contributed by atoms with Crippen LogP contribution in [-0.4, -0.2) is 16.2 Å². The van der Waals surface area contributed by atoms with E-state index in [-0.39, 0.29) is 5.69 Å². The van der Waals surface area contributed by atoms with Crippen LogP contribution in [0.5, 0.6) is 0 Å². The van der Waals surface area contributed by atoms with Gasteiger partial charge in [0.1, 0.15) is 0 Å². The number of rotatable bonds is 6. The molecule has 4 nitrogen and oxygen atoms in total. The molecule has 19 heavy (non-hydrogen) atoms. The Morgan fingerprint density at radius 1 is 1.26 bits per heavy atom. The Balaban J connectivity index is 2.06. The summed E-state index contributed by atoms with van der Waals surface area (Å²) >= 11 is 0. The number of carboxylic acid groups (broad SMARTS) is 1. The van der Waals surface area contributed by atoms with Crippen LogP contribution in [0.1, 0.15) is 42.2 Å². The van der Waals surface area contributed by atoms with E-state index in [1.807, 2.05) is 24.3 Å². The molecule has 1 heterocycles. The summed E-state index contributed by atoms with van der Waals surface area (Å²) in [6.07, 6.45) is 4.73. The molecule has 1 aromatic heterocycles. The second kappa shape index (κ2) is 6.18. The fraction of sp³-hybridized carbons (Fsp3) is 0.333. The maximum atomic E-state index is 10.7. The number of unbranched alkanes of at least 4 members (excludes halogenated alkanes) is 2. The van der Waals surface area contributed by atoms with Crippen molar-refractivity contribution in [1.29, 1.82) is 0 Å². The summed E-state index contributed by atoms with van der Waals surface area (Å²) in [5.41, 5.74) is 2.07.